The van der Waals surface area contributed by atoms with Gasteiger partial charge in [-0.2, -0.15) is 9.97 Å². The summed E-state index contributed by atoms with van der Waals surface area (Å²) in [6.07, 6.45) is -2.70. The first-order valence-electron chi connectivity index (χ1n) is 8.46. The molecule has 0 spiro atoms. The fraction of sp³-hybridized carbons (Fsp3) is 0.500. The minimum Gasteiger partial charge on any atom is -0.463 e. The third-order valence-corrected chi connectivity index (χ3v) is 4.27. The summed E-state index contributed by atoms with van der Waals surface area (Å²) < 4.78 is 23.0. The highest BCUT2D eigenvalue weighted by Gasteiger charge is 2.51. The van der Waals surface area contributed by atoms with Crippen LogP contribution in [0.15, 0.2) is 6.33 Å². The van der Waals surface area contributed by atoms with Crippen molar-refractivity contribution in [3.8, 4) is 0 Å². The molecule has 0 saturated carbocycles. The van der Waals surface area contributed by atoms with Crippen LogP contribution in [0.4, 0.5) is 5.95 Å². The molecule has 2 aromatic heterocycles. The lowest BCUT2D eigenvalue weighted by Crippen LogP contribution is -2.40. The average Bonchev–Trinajstić information content (AvgIpc) is 3.15. The van der Waals surface area contributed by atoms with Crippen molar-refractivity contribution in [2.75, 3.05) is 12.3 Å². The van der Waals surface area contributed by atoms with E-state index in [1.54, 1.807) is 0 Å². The number of hydrogen-bond acceptors (Lipinski definition) is 11. The average molecular weight is 428 g/mol. The summed E-state index contributed by atoms with van der Waals surface area (Å²) in [5.41, 5.74) is 6.14. The lowest BCUT2D eigenvalue weighted by molar-refractivity contribution is -0.166. The van der Waals surface area contributed by atoms with Gasteiger partial charge in [-0.3, -0.25) is 19.0 Å². The molecule has 2 aromatic rings. The van der Waals surface area contributed by atoms with Gasteiger partial charge in [0.25, 0.3) is 0 Å². The Morgan fingerprint density at radius 2 is 1.79 bits per heavy atom. The van der Waals surface area contributed by atoms with Crippen molar-refractivity contribution in [1.82, 2.24) is 19.5 Å². The van der Waals surface area contributed by atoms with Gasteiger partial charge in [-0.05, 0) is 0 Å². The molecule has 3 heterocycles. The second kappa shape index (κ2) is 8.17. The summed E-state index contributed by atoms with van der Waals surface area (Å²) >= 11 is 6.05. The highest BCUT2D eigenvalue weighted by Crippen LogP contribution is 2.36. The molecule has 1 fully saturated rings. The minimum atomic E-state index is -1.08. The van der Waals surface area contributed by atoms with E-state index in [9.17, 15) is 14.4 Å². The lowest BCUT2D eigenvalue weighted by atomic mass is 10.1. The molecule has 0 aliphatic carbocycles. The largest absolute Gasteiger partial charge is 0.463 e. The van der Waals surface area contributed by atoms with Gasteiger partial charge in [-0.25, -0.2) is 4.98 Å². The summed E-state index contributed by atoms with van der Waals surface area (Å²) in [6, 6.07) is 0. The van der Waals surface area contributed by atoms with Crippen LogP contribution in [0.2, 0.25) is 5.15 Å². The van der Waals surface area contributed by atoms with Crippen molar-refractivity contribution in [2.24, 2.45) is 0 Å². The predicted molar refractivity (Wildman–Crippen MR) is 96.4 cm³/mol. The highest BCUT2D eigenvalue weighted by molar-refractivity contribution is 6.33. The standard InChI is InChI=1S/C16H18ClN5O7/c1-6(23)26-4-9-11(27-7(2)24)12(28-8(3)25)15(29-9)22-5-19-10-13(17)20-16(18)21-14(10)22/h5,9,11-12,15H,4H2,1-3H3,(H2,18,20,21)/t9-,11-,12-,15-/m0/s1. The van der Waals surface area contributed by atoms with Gasteiger partial charge < -0.3 is 24.7 Å². The number of rotatable bonds is 5. The van der Waals surface area contributed by atoms with Crippen molar-refractivity contribution in [2.45, 2.75) is 45.3 Å². The first kappa shape index (κ1) is 20.7. The molecule has 2 N–H and O–H groups in total. The van der Waals surface area contributed by atoms with E-state index in [0.29, 0.717) is 0 Å². The normalized spacial score (nSPS) is 23.7. The number of ether oxygens (including phenoxy) is 4. The monoisotopic (exact) mass is 427 g/mol. The van der Waals surface area contributed by atoms with Crippen LogP contribution in [0.3, 0.4) is 0 Å². The number of nitrogens with zero attached hydrogens (tertiary/aromatic N) is 4. The third kappa shape index (κ3) is 4.38. The number of aromatic nitrogens is 4. The Morgan fingerprint density at radius 3 is 2.41 bits per heavy atom. The van der Waals surface area contributed by atoms with E-state index in [1.165, 1.54) is 31.7 Å². The van der Waals surface area contributed by atoms with Crippen LogP contribution >= 0.6 is 11.6 Å². The number of hydrogen-bond donors (Lipinski definition) is 1. The number of nitrogens with two attached hydrogens (primary N) is 1. The lowest BCUT2D eigenvalue weighted by Gasteiger charge is -2.23. The maximum absolute atomic E-state index is 11.7. The van der Waals surface area contributed by atoms with Crippen LogP contribution in [0.25, 0.3) is 11.2 Å². The van der Waals surface area contributed by atoms with Crippen molar-refractivity contribution in [3.63, 3.8) is 0 Å². The van der Waals surface area contributed by atoms with Crippen LogP contribution in [0.1, 0.15) is 27.0 Å². The van der Waals surface area contributed by atoms with Gasteiger partial charge in [-0.1, -0.05) is 11.6 Å². The first-order valence-corrected chi connectivity index (χ1v) is 8.84. The quantitative estimate of drug-likeness (QED) is 0.399. The van der Waals surface area contributed by atoms with Crippen molar-refractivity contribution in [3.05, 3.63) is 11.5 Å². The second-order valence-corrected chi connectivity index (χ2v) is 6.57. The van der Waals surface area contributed by atoms with Crippen LogP contribution in [0.5, 0.6) is 0 Å². The number of carbonyl (C=O) groups is 3. The molecular weight excluding hydrogens is 410 g/mol. The summed E-state index contributed by atoms with van der Waals surface area (Å²) in [7, 11) is 0. The van der Waals surface area contributed by atoms with Crippen LogP contribution in [0, 0.1) is 0 Å². The Hall–Kier alpha value is -2.99. The molecular formula is C16H18ClN5O7. The van der Waals surface area contributed by atoms with Gasteiger partial charge in [0.05, 0.1) is 6.33 Å². The van der Waals surface area contributed by atoms with Gasteiger partial charge in [0.2, 0.25) is 5.95 Å². The molecule has 3 rings (SSSR count). The molecule has 0 radical (unpaired) electrons. The first-order chi connectivity index (χ1) is 13.7. The van der Waals surface area contributed by atoms with Crippen molar-refractivity contribution in [1.29, 1.82) is 0 Å². The number of halogens is 1. The zero-order chi connectivity index (χ0) is 21.3. The van der Waals surface area contributed by atoms with E-state index < -0.39 is 42.4 Å². The Labute approximate surface area is 169 Å². The van der Waals surface area contributed by atoms with Gasteiger partial charge in [0.15, 0.2) is 29.2 Å². The number of imidazole rings is 1. The Kier molecular flexibility index (Phi) is 5.84. The number of fused-ring (bicyclic) bond motifs is 1. The minimum absolute atomic E-state index is 0.0290. The molecule has 156 valence electrons. The van der Waals surface area contributed by atoms with E-state index >= 15 is 0 Å². The van der Waals surface area contributed by atoms with Crippen molar-refractivity contribution >= 4 is 46.6 Å². The van der Waals surface area contributed by atoms with Crippen LogP contribution in [-0.4, -0.2) is 62.3 Å². The van der Waals surface area contributed by atoms with Gasteiger partial charge in [-0.15, -0.1) is 0 Å². The zero-order valence-corrected chi connectivity index (χ0v) is 16.5. The molecule has 1 aliphatic heterocycles. The summed E-state index contributed by atoms with van der Waals surface area (Å²) in [5, 5.41) is 0.0290. The fourth-order valence-corrected chi connectivity index (χ4v) is 3.22. The fourth-order valence-electron chi connectivity index (χ4n) is 3.00. The van der Waals surface area contributed by atoms with E-state index in [-0.39, 0.29) is 28.9 Å². The van der Waals surface area contributed by atoms with Gasteiger partial charge in [0, 0.05) is 20.8 Å². The van der Waals surface area contributed by atoms with E-state index in [0.717, 1.165) is 0 Å². The number of nitrogen functional groups attached to an aromatic ring is 1. The summed E-state index contributed by atoms with van der Waals surface area (Å²) in [5.74, 6) is -1.91. The molecule has 0 aromatic carbocycles. The van der Waals surface area contributed by atoms with E-state index in [1.807, 2.05) is 0 Å². The van der Waals surface area contributed by atoms with Gasteiger partial charge in [0.1, 0.15) is 18.2 Å². The topological polar surface area (TPSA) is 158 Å². The smallest absolute Gasteiger partial charge is 0.303 e. The Balaban J connectivity index is 2.04. The number of anilines is 1. The Bertz CT molecular complexity index is 965. The molecule has 13 heteroatoms. The highest BCUT2D eigenvalue weighted by atomic mass is 35.5. The molecule has 0 amide bonds. The molecule has 0 unspecified atom stereocenters. The zero-order valence-electron chi connectivity index (χ0n) is 15.7. The van der Waals surface area contributed by atoms with Crippen LogP contribution in [-0.2, 0) is 33.3 Å². The predicted octanol–water partition coefficient (Wildman–Crippen LogP) is 0.386. The maximum Gasteiger partial charge on any atom is 0.303 e. The van der Waals surface area contributed by atoms with Crippen molar-refractivity contribution < 1.29 is 33.3 Å². The van der Waals surface area contributed by atoms with E-state index in [2.05, 4.69) is 15.0 Å². The second-order valence-electron chi connectivity index (χ2n) is 6.21. The third-order valence-electron chi connectivity index (χ3n) is 4.01. The Morgan fingerprint density at radius 1 is 1.14 bits per heavy atom. The molecule has 29 heavy (non-hydrogen) atoms. The maximum atomic E-state index is 11.7. The summed E-state index contributed by atoms with van der Waals surface area (Å²) in [4.78, 5) is 46.6. The molecule has 1 saturated heterocycles. The van der Waals surface area contributed by atoms with Crippen LogP contribution < -0.4 is 5.73 Å². The molecule has 1 aliphatic rings. The van der Waals surface area contributed by atoms with E-state index in [4.69, 9.17) is 36.3 Å². The number of esters is 3. The molecule has 12 nitrogen and oxygen atoms in total. The molecule has 4 atom stereocenters. The SMILES string of the molecule is CC(=O)OC[C@@H]1O[C@H](n2cnc3c(Cl)nc(N)nc32)[C@@H](OC(C)=O)[C@H]1OC(C)=O. The van der Waals surface area contributed by atoms with Gasteiger partial charge >= 0.3 is 17.9 Å². The summed E-state index contributed by atoms with van der Waals surface area (Å²) in [6.45, 7) is 3.39. The molecule has 0 bridgehead atoms. The number of carbonyl (C=O) groups excluding carboxylic acids is 3.